The van der Waals surface area contributed by atoms with Crippen LogP contribution in [0.4, 0.5) is 0 Å². The summed E-state index contributed by atoms with van der Waals surface area (Å²) < 4.78 is 0. The molecule has 7 heteroatoms. The molecule has 150 valence electrons. The zero-order valence-electron chi connectivity index (χ0n) is 17.4. The Balaban J connectivity index is 2.02. The minimum atomic E-state index is -0.185. The fourth-order valence-electron chi connectivity index (χ4n) is 3.84. The molecule has 0 aliphatic rings. The third-order valence-corrected chi connectivity index (χ3v) is 5.31. The average Bonchev–Trinajstić information content (AvgIpc) is 3.23. The van der Waals surface area contributed by atoms with Gasteiger partial charge in [-0.15, -0.1) is 0 Å². The van der Waals surface area contributed by atoms with Crippen molar-refractivity contribution < 1.29 is 0 Å². The first kappa shape index (κ1) is 20.1. The van der Waals surface area contributed by atoms with Gasteiger partial charge in [-0.05, 0) is 37.1 Å². The third-order valence-electron chi connectivity index (χ3n) is 5.31. The molecular weight excluding hydrogens is 352 g/mol. The summed E-state index contributed by atoms with van der Waals surface area (Å²) in [5.74, 6) is 0.390. The first-order valence-corrected chi connectivity index (χ1v) is 9.95. The maximum atomic E-state index is 12.1. The number of hydrogen-bond acceptors (Lipinski definition) is 4. The summed E-state index contributed by atoms with van der Waals surface area (Å²) in [6, 6.07) is 0. The second-order valence-electron chi connectivity index (χ2n) is 7.42. The number of nitrogens with zero attached hydrogens (tertiary/aromatic N) is 3. The highest BCUT2D eigenvalue weighted by Crippen LogP contribution is 2.30. The first-order valence-electron chi connectivity index (χ1n) is 9.95. The largest absolute Gasteiger partial charge is 0.362 e. The van der Waals surface area contributed by atoms with E-state index < -0.39 is 0 Å². The highest BCUT2D eigenvalue weighted by Gasteiger charge is 2.21. The van der Waals surface area contributed by atoms with Gasteiger partial charge < -0.3 is 10.1 Å². The number of aryl methyl sites for hydroxylation is 1. The van der Waals surface area contributed by atoms with Crippen LogP contribution in [0.5, 0.6) is 0 Å². The molecule has 7 nitrogen and oxygen atoms in total. The Morgan fingerprint density at radius 1 is 1.14 bits per heavy atom. The predicted octanol–water partition coefficient (Wildman–Crippen LogP) is 3.35. The second kappa shape index (κ2) is 8.56. The van der Waals surface area contributed by atoms with Gasteiger partial charge in [0.2, 0.25) is 0 Å². The van der Waals surface area contributed by atoms with E-state index in [0.29, 0.717) is 23.6 Å². The summed E-state index contributed by atoms with van der Waals surface area (Å²) in [7, 11) is 0. The van der Waals surface area contributed by atoms with Gasteiger partial charge in [0.05, 0.1) is 17.0 Å². The van der Waals surface area contributed by atoms with Crippen molar-refractivity contribution in [3.8, 4) is 11.3 Å². The van der Waals surface area contributed by atoms with Crippen molar-refractivity contribution in [2.24, 2.45) is 0 Å². The molecule has 0 aromatic carbocycles. The lowest BCUT2D eigenvalue weighted by Gasteiger charge is -2.20. The summed E-state index contributed by atoms with van der Waals surface area (Å²) in [4.78, 5) is 27.1. The highest BCUT2D eigenvalue weighted by atomic mass is 16.1. The highest BCUT2D eigenvalue weighted by molar-refractivity contribution is 5.60. The number of aromatic amines is 3. The van der Waals surface area contributed by atoms with Crippen LogP contribution < -0.4 is 5.56 Å². The van der Waals surface area contributed by atoms with E-state index in [1.54, 1.807) is 18.6 Å². The van der Waals surface area contributed by atoms with Gasteiger partial charge in [-0.1, -0.05) is 27.7 Å². The lowest BCUT2D eigenvalue weighted by molar-refractivity contribution is 0.294. The number of rotatable bonds is 8. The summed E-state index contributed by atoms with van der Waals surface area (Å²) >= 11 is 0. The molecule has 0 bridgehead atoms. The standard InChI is InChI=1S/C21H30N6O/c1-6-27(7-2)12-16-14(5)25-17(19(16)13(3)4)10-18-20(23-9-8-22-18)15-11-24-26-21(15)28/h8-9,11,13,25H,6-7,10,12H2,1-5H3,(H2,24,26,28). The Bertz CT molecular complexity index is 977. The van der Waals surface area contributed by atoms with E-state index in [2.05, 4.69) is 64.7 Å². The Labute approximate surface area is 165 Å². The Kier molecular flexibility index (Phi) is 6.14. The molecule has 0 saturated carbocycles. The van der Waals surface area contributed by atoms with Crippen LogP contribution in [0, 0.1) is 6.92 Å². The van der Waals surface area contributed by atoms with Gasteiger partial charge in [-0.3, -0.25) is 24.8 Å². The minimum Gasteiger partial charge on any atom is -0.362 e. The van der Waals surface area contributed by atoms with Crippen LogP contribution in [0.1, 0.15) is 61.8 Å². The van der Waals surface area contributed by atoms with Crippen LogP contribution in [0.2, 0.25) is 0 Å². The molecular formula is C21H30N6O. The molecule has 0 aliphatic heterocycles. The number of hydrogen-bond donors (Lipinski definition) is 3. The topological polar surface area (TPSA) is 93.5 Å². The predicted molar refractivity (Wildman–Crippen MR) is 111 cm³/mol. The van der Waals surface area contributed by atoms with E-state index in [9.17, 15) is 4.79 Å². The van der Waals surface area contributed by atoms with Gasteiger partial charge >= 0.3 is 0 Å². The lowest BCUT2D eigenvalue weighted by Crippen LogP contribution is -2.23. The molecule has 0 saturated heterocycles. The van der Waals surface area contributed by atoms with Crippen molar-refractivity contribution >= 4 is 0 Å². The third kappa shape index (κ3) is 3.94. The van der Waals surface area contributed by atoms with Crippen molar-refractivity contribution in [1.29, 1.82) is 0 Å². The van der Waals surface area contributed by atoms with E-state index in [4.69, 9.17) is 0 Å². The summed E-state index contributed by atoms with van der Waals surface area (Å²) in [6.45, 7) is 14.0. The molecule has 0 fully saturated rings. The van der Waals surface area contributed by atoms with Crippen LogP contribution in [0.15, 0.2) is 23.4 Å². The van der Waals surface area contributed by atoms with Crippen LogP contribution >= 0.6 is 0 Å². The molecule has 3 heterocycles. The molecule has 0 amide bonds. The molecule has 0 aliphatic carbocycles. The monoisotopic (exact) mass is 382 g/mol. The van der Waals surface area contributed by atoms with Crippen LogP contribution in [0.25, 0.3) is 11.3 Å². The summed E-state index contributed by atoms with van der Waals surface area (Å²) in [5.41, 5.74) is 6.83. The van der Waals surface area contributed by atoms with Gasteiger partial charge in [-0.2, -0.15) is 0 Å². The molecule has 3 aromatic heterocycles. The van der Waals surface area contributed by atoms with Gasteiger partial charge in [0.25, 0.3) is 5.56 Å². The molecule has 3 rings (SSSR count). The van der Waals surface area contributed by atoms with Crippen molar-refractivity contribution in [2.75, 3.05) is 13.1 Å². The maximum Gasteiger partial charge on any atom is 0.273 e. The van der Waals surface area contributed by atoms with Gasteiger partial charge in [0.1, 0.15) is 0 Å². The van der Waals surface area contributed by atoms with Crippen molar-refractivity contribution in [2.45, 2.75) is 53.5 Å². The Morgan fingerprint density at radius 3 is 2.46 bits per heavy atom. The smallest absolute Gasteiger partial charge is 0.273 e. The van der Waals surface area contributed by atoms with Crippen molar-refractivity contribution in [1.82, 2.24) is 30.0 Å². The number of aromatic nitrogens is 5. The normalized spacial score (nSPS) is 11.7. The molecule has 0 atom stereocenters. The average molecular weight is 383 g/mol. The van der Waals surface area contributed by atoms with E-state index in [1.165, 1.54) is 16.8 Å². The Morgan fingerprint density at radius 2 is 1.86 bits per heavy atom. The number of H-pyrrole nitrogens is 3. The van der Waals surface area contributed by atoms with Gasteiger partial charge in [-0.25, -0.2) is 0 Å². The molecule has 0 spiro atoms. The lowest BCUT2D eigenvalue weighted by atomic mass is 9.95. The van der Waals surface area contributed by atoms with Crippen molar-refractivity contribution in [3.05, 3.63) is 57.2 Å². The number of nitrogens with one attached hydrogen (secondary N) is 3. The molecule has 3 aromatic rings. The molecule has 3 N–H and O–H groups in total. The van der Waals surface area contributed by atoms with Gasteiger partial charge in [0.15, 0.2) is 0 Å². The SMILES string of the molecule is CCN(CC)Cc1c(C)[nH]c(Cc2nccnc2-c2c[nH][nH]c2=O)c1C(C)C. The zero-order chi connectivity index (χ0) is 20.3. The van der Waals surface area contributed by atoms with E-state index in [-0.39, 0.29) is 5.56 Å². The van der Waals surface area contributed by atoms with Crippen LogP contribution in [0.3, 0.4) is 0 Å². The first-order chi connectivity index (χ1) is 13.5. The minimum absolute atomic E-state index is 0.185. The molecule has 0 unspecified atom stereocenters. The maximum absolute atomic E-state index is 12.1. The zero-order valence-corrected chi connectivity index (χ0v) is 17.4. The fraction of sp³-hybridized carbons (Fsp3) is 0.476. The summed E-state index contributed by atoms with van der Waals surface area (Å²) in [5, 5.41) is 5.32. The molecule has 28 heavy (non-hydrogen) atoms. The fourth-order valence-corrected chi connectivity index (χ4v) is 3.84. The van der Waals surface area contributed by atoms with E-state index in [1.807, 2.05) is 0 Å². The van der Waals surface area contributed by atoms with Crippen molar-refractivity contribution in [3.63, 3.8) is 0 Å². The Hall–Kier alpha value is -2.67. The van der Waals surface area contributed by atoms with Crippen LogP contribution in [-0.2, 0) is 13.0 Å². The van der Waals surface area contributed by atoms with E-state index >= 15 is 0 Å². The second-order valence-corrected chi connectivity index (χ2v) is 7.42. The quantitative estimate of drug-likeness (QED) is 0.557. The van der Waals surface area contributed by atoms with E-state index in [0.717, 1.165) is 31.0 Å². The van der Waals surface area contributed by atoms with Crippen LogP contribution in [-0.4, -0.2) is 43.1 Å². The summed E-state index contributed by atoms with van der Waals surface area (Å²) in [6.07, 6.45) is 5.56. The molecule has 0 radical (unpaired) electrons. The van der Waals surface area contributed by atoms with Gasteiger partial charge in [0, 0.05) is 42.9 Å².